The van der Waals surface area contributed by atoms with Gasteiger partial charge in [-0.1, -0.05) is 43.7 Å². The molecule has 0 spiro atoms. The molecule has 2 saturated heterocycles. The maximum atomic E-state index is 14.5. The Bertz CT molecular complexity index is 870. The Morgan fingerprint density at radius 3 is 2.12 bits per heavy atom. The van der Waals surface area contributed by atoms with Crippen molar-refractivity contribution in [2.24, 2.45) is 0 Å². The average molecular weight is 447 g/mol. The van der Waals surface area contributed by atoms with Crippen LogP contribution in [0.15, 0.2) is 36.4 Å². The van der Waals surface area contributed by atoms with Gasteiger partial charge >= 0.3 is 0 Å². The van der Waals surface area contributed by atoms with Gasteiger partial charge in [-0.05, 0) is 48.9 Å². The summed E-state index contributed by atoms with van der Waals surface area (Å²) < 4.78 is 51.6. The summed E-state index contributed by atoms with van der Waals surface area (Å²) in [4.78, 5) is 0. The Labute approximate surface area is 188 Å². The standard InChI is InChI=1S/C26H32F2O4/c1-3-5-24-31-15-20(16-32-24)17-6-8-18(9-7-17)22-12-10-19(14-30-22)21-11-13-23(29-4-2)26(28)25(21)27/h6-9,11,13,19-20,22,24H,3-5,10,12,14-16H2,1-2H3. The molecule has 174 valence electrons. The van der Waals surface area contributed by atoms with E-state index in [2.05, 4.69) is 31.2 Å². The SMILES string of the molecule is CCCC1OCC(c2ccc(C3CCC(c4ccc(OCC)c(F)c4F)CO3)cc2)CO1. The minimum absolute atomic E-state index is 0.0382. The third kappa shape index (κ3) is 5.13. The molecule has 4 rings (SSSR count). The van der Waals surface area contributed by atoms with Crippen LogP contribution in [-0.2, 0) is 14.2 Å². The minimum atomic E-state index is -0.918. The lowest BCUT2D eigenvalue weighted by atomic mass is 9.88. The molecule has 2 aromatic carbocycles. The fourth-order valence-corrected chi connectivity index (χ4v) is 4.51. The average Bonchev–Trinajstić information content (AvgIpc) is 2.83. The van der Waals surface area contributed by atoms with Crippen LogP contribution >= 0.6 is 0 Å². The fraction of sp³-hybridized carbons (Fsp3) is 0.538. The maximum absolute atomic E-state index is 14.5. The Morgan fingerprint density at radius 1 is 0.812 bits per heavy atom. The van der Waals surface area contributed by atoms with E-state index in [9.17, 15) is 8.78 Å². The second kappa shape index (κ2) is 10.7. The molecular weight excluding hydrogens is 414 g/mol. The third-order valence-electron chi connectivity index (χ3n) is 6.36. The van der Waals surface area contributed by atoms with Gasteiger partial charge in [0.2, 0.25) is 5.82 Å². The van der Waals surface area contributed by atoms with Crippen LogP contribution in [0.2, 0.25) is 0 Å². The molecule has 2 aromatic rings. The molecule has 2 atom stereocenters. The molecule has 0 amide bonds. The first-order valence-electron chi connectivity index (χ1n) is 11.7. The summed E-state index contributed by atoms with van der Waals surface area (Å²) in [7, 11) is 0. The van der Waals surface area contributed by atoms with Gasteiger partial charge in [0.15, 0.2) is 17.9 Å². The van der Waals surface area contributed by atoms with Gasteiger partial charge in [0.1, 0.15) is 0 Å². The van der Waals surface area contributed by atoms with Crippen molar-refractivity contribution < 1.29 is 27.7 Å². The van der Waals surface area contributed by atoms with Crippen LogP contribution in [0.1, 0.15) is 74.2 Å². The van der Waals surface area contributed by atoms with Gasteiger partial charge in [0, 0.05) is 11.8 Å². The predicted molar refractivity (Wildman–Crippen MR) is 118 cm³/mol. The normalized spacial score (nSPS) is 26.1. The third-order valence-corrected chi connectivity index (χ3v) is 6.36. The first-order valence-corrected chi connectivity index (χ1v) is 11.7. The lowest BCUT2D eigenvalue weighted by Gasteiger charge is -2.31. The fourth-order valence-electron chi connectivity index (χ4n) is 4.51. The molecular formula is C26H32F2O4. The minimum Gasteiger partial charge on any atom is -0.491 e. The zero-order valence-corrected chi connectivity index (χ0v) is 18.8. The maximum Gasteiger partial charge on any atom is 0.200 e. The van der Waals surface area contributed by atoms with E-state index < -0.39 is 11.6 Å². The van der Waals surface area contributed by atoms with E-state index in [1.807, 2.05) is 0 Å². The van der Waals surface area contributed by atoms with Crippen molar-refractivity contribution in [3.05, 3.63) is 64.7 Å². The molecule has 0 N–H and O–H groups in total. The molecule has 2 aliphatic rings. The van der Waals surface area contributed by atoms with Crippen LogP contribution in [0.4, 0.5) is 8.78 Å². The number of rotatable bonds is 7. The lowest BCUT2D eigenvalue weighted by Crippen LogP contribution is -2.30. The highest BCUT2D eigenvalue weighted by atomic mass is 19.2. The summed E-state index contributed by atoms with van der Waals surface area (Å²) in [6.45, 7) is 5.88. The zero-order chi connectivity index (χ0) is 22.5. The summed E-state index contributed by atoms with van der Waals surface area (Å²) in [6, 6.07) is 11.5. The molecule has 2 unspecified atom stereocenters. The highest BCUT2D eigenvalue weighted by molar-refractivity contribution is 5.34. The Kier molecular flexibility index (Phi) is 7.76. The van der Waals surface area contributed by atoms with E-state index in [0.29, 0.717) is 32.0 Å². The molecule has 0 radical (unpaired) electrons. The van der Waals surface area contributed by atoms with Crippen molar-refractivity contribution in [3.63, 3.8) is 0 Å². The smallest absolute Gasteiger partial charge is 0.200 e. The van der Waals surface area contributed by atoms with Gasteiger partial charge in [0.05, 0.1) is 32.5 Å². The summed E-state index contributed by atoms with van der Waals surface area (Å²) in [5.41, 5.74) is 2.66. The van der Waals surface area contributed by atoms with Gasteiger partial charge in [-0.15, -0.1) is 0 Å². The van der Waals surface area contributed by atoms with Crippen molar-refractivity contribution >= 4 is 0 Å². The van der Waals surface area contributed by atoms with Crippen LogP contribution in [-0.4, -0.2) is 32.7 Å². The van der Waals surface area contributed by atoms with Crippen LogP contribution in [0.5, 0.6) is 5.75 Å². The number of halogens is 2. The summed E-state index contributed by atoms with van der Waals surface area (Å²) >= 11 is 0. The van der Waals surface area contributed by atoms with Crippen LogP contribution in [0, 0.1) is 11.6 Å². The van der Waals surface area contributed by atoms with Crippen molar-refractivity contribution in [3.8, 4) is 5.75 Å². The first kappa shape index (κ1) is 23.1. The number of ether oxygens (including phenoxy) is 4. The van der Waals surface area contributed by atoms with Gasteiger partial charge in [-0.3, -0.25) is 0 Å². The van der Waals surface area contributed by atoms with Crippen LogP contribution < -0.4 is 4.74 Å². The molecule has 2 heterocycles. The lowest BCUT2D eigenvalue weighted by molar-refractivity contribution is -0.189. The van der Waals surface area contributed by atoms with Gasteiger partial charge < -0.3 is 18.9 Å². The largest absolute Gasteiger partial charge is 0.491 e. The molecule has 2 fully saturated rings. The number of hydrogen-bond donors (Lipinski definition) is 0. The first-order chi connectivity index (χ1) is 15.6. The van der Waals surface area contributed by atoms with E-state index in [-0.39, 0.29) is 30.0 Å². The number of benzene rings is 2. The van der Waals surface area contributed by atoms with Gasteiger partial charge in [-0.2, -0.15) is 4.39 Å². The topological polar surface area (TPSA) is 36.9 Å². The predicted octanol–water partition coefficient (Wildman–Crippen LogP) is 6.26. The second-order valence-corrected chi connectivity index (χ2v) is 8.56. The van der Waals surface area contributed by atoms with E-state index in [0.717, 1.165) is 31.2 Å². The van der Waals surface area contributed by atoms with Crippen LogP contribution in [0.25, 0.3) is 0 Å². The van der Waals surface area contributed by atoms with E-state index in [1.54, 1.807) is 13.0 Å². The summed E-state index contributed by atoms with van der Waals surface area (Å²) in [6.07, 6.45) is 3.36. The molecule has 6 heteroatoms. The molecule has 32 heavy (non-hydrogen) atoms. The zero-order valence-electron chi connectivity index (χ0n) is 18.8. The summed E-state index contributed by atoms with van der Waals surface area (Å²) in [5, 5.41) is 0. The van der Waals surface area contributed by atoms with E-state index in [4.69, 9.17) is 18.9 Å². The van der Waals surface area contributed by atoms with Gasteiger partial charge in [-0.25, -0.2) is 4.39 Å². The van der Waals surface area contributed by atoms with Crippen molar-refractivity contribution in [1.82, 2.24) is 0 Å². The quantitative estimate of drug-likeness (QED) is 0.503. The Balaban J connectivity index is 1.33. The molecule has 0 saturated carbocycles. The highest BCUT2D eigenvalue weighted by Gasteiger charge is 2.28. The van der Waals surface area contributed by atoms with E-state index >= 15 is 0 Å². The van der Waals surface area contributed by atoms with Crippen molar-refractivity contribution in [2.75, 3.05) is 26.4 Å². The highest BCUT2D eigenvalue weighted by Crippen LogP contribution is 2.38. The summed E-state index contributed by atoms with van der Waals surface area (Å²) in [5.74, 6) is -1.71. The Hall–Kier alpha value is -2.02. The monoisotopic (exact) mass is 446 g/mol. The molecule has 0 bridgehead atoms. The molecule has 4 nitrogen and oxygen atoms in total. The molecule has 2 aliphatic heterocycles. The second-order valence-electron chi connectivity index (χ2n) is 8.56. The van der Waals surface area contributed by atoms with Crippen molar-refractivity contribution in [2.45, 2.75) is 63.8 Å². The van der Waals surface area contributed by atoms with Gasteiger partial charge in [0.25, 0.3) is 0 Å². The van der Waals surface area contributed by atoms with Crippen LogP contribution in [0.3, 0.4) is 0 Å². The number of hydrogen-bond acceptors (Lipinski definition) is 4. The van der Waals surface area contributed by atoms with Crippen molar-refractivity contribution in [1.29, 1.82) is 0 Å². The van der Waals surface area contributed by atoms with E-state index in [1.165, 1.54) is 11.6 Å². The molecule has 0 aliphatic carbocycles. The molecule has 0 aromatic heterocycles. The Morgan fingerprint density at radius 2 is 1.50 bits per heavy atom.